The number of amides is 1. The molecule has 4 rings (SSSR count). The van der Waals surface area contributed by atoms with Gasteiger partial charge < -0.3 is 10.1 Å². The van der Waals surface area contributed by atoms with Crippen molar-refractivity contribution in [1.82, 2.24) is 25.1 Å². The maximum atomic E-state index is 12.6. The lowest BCUT2D eigenvalue weighted by atomic mass is 10.1. The Balaban J connectivity index is 1.38. The van der Waals surface area contributed by atoms with Crippen molar-refractivity contribution in [2.24, 2.45) is 0 Å². The van der Waals surface area contributed by atoms with Crippen LogP contribution in [0.25, 0.3) is 15.5 Å². The third kappa shape index (κ3) is 4.70. The number of carbonyl (C=O) groups is 1. The first-order valence-corrected chi connectivity index (χ1v) is 11.1. The number of rotatable bonds is 7. The molecular weight excluding hydrogens is 434 g/mol. The van der Waals surface area contributed by atoms with E-state index in [4.69, 9.17) is 16.3 Å². The largest absolute Gasteiger partial charge is 0.478 e. The highest BCUT2D eigenvalue weighted by molar-refractivity contribution is 7.19. The molecule has 2 aromatic carbocycles. The molecule has 0 saturated heterocycles. The van der Waals surface area contributed by atoms with Crippen molar-refractivity contribution < 1.29 is 9.53 Å². The fraction of sp³-hybridized carbons (Fsp3) is 0.273. The summed E-state index contributed by atoms with van der Waals surface area (Å²) in [5.41, 5.74) is 0.963. The molecule has 0 aliphatic heterocycles. The molecule has 7 nitrogen and oxygen atoms in total. The second-order valence-electron chi connectivity index (χ2n) is 7.52. The van der Waals surface area contributed by atoms with Gasteiger partial charge in [0.2, 0.25) is 4.96 Å². The van der Waals surface area contributed by atoms with Crippen LogP contribution in [0.3, 0.4) is 0 Å². The predicted octanol–water partition coefficient (Wildman–Crippen LogP) is 4.54. The molecule has 1 N–H and O–H groups in total. The Kier molecular flexibility index (Phi) is 5.93. The number of hydrogen-bond donors (Lipinski definition) is 1. The lowest BCUT2D eigenvalue weighted by Gasteiger charge is -2.25. The Bertz CT molecular complexity index is 1200. The monoisotopic (exact) mass is 455 g/mol. The van der Waals surface area contributed by atoms with Gasteiger partial charge in [-0.25, -0.2) is 0 Å². The van der Waals surface area contributed by atoms with Crippen LogP contribution in [0.15, 0.2) is 48.5 Å². The summed E-state index contributed by atoms with van der Waals surface area (Å²) in [4.78, 5) is 13.4. The molecule has 0 bridgehead atoms. The standard InChI is InChI=1S/C22H22ClN5O2S/c1-4-18-25-26-21-28(18)27-19(31-21)15-7-5-14(6-8-15)13-24-20(29)22(2,3)30-17-11-9-16(23)10-12-17/h5-12H,4,13H2,1-3H3,(H,24,29). The molecule has 0 radical (unpaired) electrons. The van der Waals surface area contributed by atoms with E-state index in [2.05, 4.69) is 20.6 Å². The van der Waals surface area contributed by atoms with Gasteiger partial charge in [-0.05, 0) is 43.7 Å². The van der Waals surface area contributed by atoms with Gasteiger partial charge in [0.25, 0.3) is 5.91 Å². The topological polar surface area (TPSA) is 81.4 Å². The lowest BCUT2D eigenvalue weighted by Crippen LogP contribution is -2.46. The molecule has 0 spiro atoms. The third-order valence-corrected chi connectivity index (χ3v) is 5.96. The molecule has 2 aromatic heterocycles. The number of aromatic nitrogens is 4. The van der Waals surface area contributed by atoms with Crippen LogP contribution < -0.4 is 10.1 Å². The van der Waals surface area contributed by atoms with Gasteiger partial charge in [0.1, 0.15) is 10.8 Å². The molecule has 2 heterocycles. The highest BCUT2D eigenvalue weighted by Gasteiger charge is 2.29. The summed E-state index contributed by atoms with van der Waals surface area (Å²) >= 11 is 7.40. The first kappa shape index (κ1) is 21.3. The van der Waals surface area contributed by atoms with Gasteiger partial charge >= 0.3 is 0 Å². The Morgan fingerprint density at radius 1 is 1.13 bits per heavy atom. The van der Waals surface area contributed by atoms with Crippen LogP contribution in [0.5, 0.6) is 5.75 Å². The zero-order valence-electron chi connectivity index (χ0n) is 17.4. The van der Waals surface area contributed by atoms with Crippen molar-refractivity contribution in [3.05, 3.63) is 64.9 Å². The van der Waals surface area contributed by atoms with Crippen molar-refractivity contribution in [2.45, 2.75) is 39.3 Å². The van der Waals surface area contributed by atoms with Crippen LogP contribution >= 0.6 is 22.9 Å². The third-order valence-electron chi connectivity index (χ3n) is 4.76. The summed E-state index contributed by atoms with van der Waals surface area (Å²) in [6.45, 7) is 5.90. The molecule has 0 fully saturated rings. The number of halogens is 1. The number of aryl methyl sites for hydroxylation is 1. The normalized spacial score (nSPS) is 11.6. The number of fused-ring (bicyclic) bond motifs is 1. The average molecular weight is 456 g/mol. The fourth-order valence-corrected chi connectivity index (χ4v) is 3.99. The number of hydrogen-bond acceptors (Lipinski definition) is 6. The molecule has 31 heavy (non-hydrogen) atoms. The average Bonchev–Trinajstić information content (AvgIpc) is 3.34. The number of nitrogens with zero attached hydrogens (tertiary/aromatic N) is 4. The number of carbonyl (C=O) groups excluding carboxylic acids is 1. The molecule has 9 heteroatoms. The minimum absolute atomic E-state index is 0.202. The molecule has 0 unspecified atom stereocenters. The van der Waals surface area contributed by atoms with E-state index in [0.29, 0.717) is 17.3 Å². The predicted molar refractivity (Wildman–Crippen MR) is 121 cm³/mol. The van der Waals surface area contributed by atoms with E-state index >= 15 is 0 Å². The summed E-state index contributed by atoms with van der Waals surface area (Å²) < 4.78 is 7.62. The van der Waals surface area contributed by atoms with Crippen molar-refractivity contribution in [3.8, 4) is 16.3 Å². The smallest absolute Gasteiger partial charge is 0.263 e. The Morgan fingerprint density at radius 2 is 1.84 bits per heavy atom. The van der Waals surface area contributed by atoms with Gasteiger partial charge in [0, 0.05) is 23.6 Å². The Labute approximate surface area is 189 Å². The molecule has 0 atom stereocenters. The molecule has 0 aliphatic rings. The minimum Gasteiger partial charge on any atom is -0.478 e. The van der Waals surface area contributed by atoms with Crippen molar-refractivity contribution >= 4 is 33.8 Å². The van der Waals surface area contributed by atoms with Gasteiger partial charge in [-0.15, -0.1) is 10.2 Å². The molecule has 160 valence electrons. The SMILES string of the molecule is CCc1nnc2sc(-c3ccc(CNC(=O)C(C)(C)Oc4ccc(Cl)cc4)cc3)nn12. The molecule has 1 amide bonds. The van der Waals surface area contributed by atoms with Crippen molar-refractivity contribution in [3.63, 3.8) is 0 Å². The number of nitrogens with one attached hydrogen (secondary N) is 1. The summed E-state index contributed by atoms with van der Waals surface area (Å²) in [5.74, 6) is 1.23. The van der Waals surface area contributed by atoms with Crippen LogP contribution in [-0.4, -0.2) is 31.3 Å². The van der Waals surface area contributed by atoms with Gasteiger partial charge in [-0.3, -0.25) is 4.79 Å². The maximum Gasteiger partial charge on any atom is 0.263 e. The summed E-state index contributed by atoms with van der Waals surface area (Å²) in [7, 11) is 0. The minimum atomic E-state index is -1.02. The molecule has 4 aromatic rings. The van der Waals surface area contributed by atoms with E-state index in [1.807, 2.05) is 31.2 Å². The number of ether oxygens (including phenoxy) is 1. The quantitative estimate of drug-likeness (QED) is 0.442. The zero-order chi connectivity index (χ0) is 22.0. The van der Waals surface area contributed by atoms with E-state index in [9.17, 15) is 4.79 Å². The Hall–Kier alpha value is -2.97. The summed E-state index contributed by atoms with van der Waals surface area (Å²) in [6, 6.07) is 14.9. The second-order valence-corrected chi connectivity index (χ2v) is 8.91. The maximum absolute atomic E-state index is 12.6. The van der Waals surface area contributed by atoms with Crippen LogP contribution in [0.2, 0.25) is 5.02 Å². The van der Waals surface area contributed by atoms with Gasteiger partial charge in [0.05, 0.1) is 0 Å². The van der Waals surface area contributed by atoms with Crippen LogP contribution in [-0.2, 0) is 17.8 Å². The van der Waals surface area contributed by atoms with Gasteiger partial charge in [0.15, 0.2) is 11.4 Å². The van der Waals surface area contributed by atoms with Gasteiger partial charge in [-0.2, -0.15) is 9.61 Å². The first-order valence-electron chi connectivity index (χ1n) is 9.89. The highest BCUT2D eigenvalue weighted by Crippen LogP contribution is 2.26. The zero-order valence-corrected chi connectivity index (χ0v) is 19.0. The Morgan fingerprint density at radius 3 is 2.52 bits per heavy atom. The second kappa shape index (κ2) is 8.64. The summed E-state index contributed by atoms with van der Waals surface area (Å²) in [6.07, 6.45) is 0.779. The van der Waals surface area contributed by atoms with Crippen molar-refractivity contribution in [1.29, 1.82) is 0 Å². The lowest BCUT2D eigenvalue weighted by molar-refractivity contribution is -0.134. The molecule has 0 aliphatic carbocycles. The van der Waals surface area contributed by atoms with Crippen LogP contribution in [0.4, 0.5) is 0 Å². The van der Waals surface area contributed by atoms with Crippen LogP contribution in [0, 0.1) is 0 Å². The van der Waals surface area contributed by atoms with E-state index in [-0.39, 0.29) is 5.91 Å². The van der Waals surface area contributed by atoms with E-state index < -0.39 is 5.60 Å². The highest BCUT2D eigenvalue weighted by atomic mass is 35.5. The van der Waals surface area contributed by atoms with Crippen LogP contribution in [0.1, 0.15) is 32.2 Å². The van der Waals surface area contributed by atoms with Gasteiger partial charge in [-0.1, -0.05) is 54.1 Å². The summed E-state index contributed by atoms with van der Waals surface area (Å²) in [5, 5.41) is 17.3. The van der Waals surface area contributed by atoms with E-state index in [1.165, 1.54) is 11.3 Å². The van der Waals surface area contributed by atoms with Crippen molar-refractivity contribution in [2.75, 3.05) is 0 Å². The number of benzene rings is 2. The fourth-order valence-electron chi connectivity index (χ4n) is 3.00. The van der Waals surface area contributed by atoms with E-state index in [1.54, 1.807) is 42.6 Å². The first-order chi connectivity index (χ1) is 14.9. The van der Waals surface area contributed by atoms with E-state index in [0.717, 1.165) is 33.3 Å². The molecule has 0 saturated carbocycles. The molecular formula is C22H22ClN5O2S.